The topological polar surface area (TPSA) is 59.8 Å². The number of halogens is 4. The van der Waals surface area contributed by atoms with E-state index in [1.807, 2.05) is 0 Å². The van der Waals surface area contributed by atoms with Crippen molar-refractivity contribution in [3.05, 3.63) is 47.2 Å². The third kappa shape index (κ3) is 4.09. The number of ether oxygens (including phenoxy) is 2. The second-order valence-electron chi connectivity index (χ2n) is 7.38. The van der Waals surface area contributed by atoms with E-state index >= 15 is 0 Å². The van der Waals surface area contributed by atoms with Crippen LogP contribution >= 0.6 is 0 Å². The lowest BCUT2D eigenvalue weighted by atomic mass is 10.0. The molecule has 30 heavy (non-hydrogen) atoms. The standard InChI is InChI=1S/C20H20F4N4O2/c1-11(2)30-16-6-13-12(5-14(16)21)8-25-19(13)15-7-18(27-10-26-15)28-3-4-29-17(9-28)20(22,23)24/h5-7,10-11,17H,3-4,8-9H2,1-2H3. The summed E-state index contributed by atoms with van der Waals surface area (Å²) in [5.74, 6) is 0.0112. The van der Waals surface area contributed by atoms with E-state index in [4.69, 9.17) is 9.47 Å². The largest absolute Gasteiger partial charge is 0.488 e. The lowest BCUT2D eigenvalue weighted by molar-refractivity contribution is -0.221. The zero-order chi connectivity index (χ0) is 21.5. The number of aliphatic imine (C=N–C) groups is 1. The van der Waals surface area contributed by atoms with Crippen LogP contribution in [0.3, 0.4) is 0 Å². The van der Waals surface area contributed by atoms with Crippen molar-refractivity contribution in [2.24, 2.45) is 4.99 Å². The first-order chi connectivity index (χ1) is 14.2. The first kappa shape index (κ1) is 20.5. The van der Waals surface area contributed by atoms with Gasteiger partial charge in [-0.2, -0.15) is 13.2 Å². The van der Waals surface area contributed by atoms with Gasteiger partial charge in [-0.05, 0) is 31.5 Å². The lowest BCUT2D eigenvalue weighted by Crippen LogP contribution is -2.49. The van der Waals surface area contributed by atoms with Crippen molar-refractivity contribution < 1.29 is 27.0 Å². The molecule has 0 spiro atoms. The summed E-state index contributed by atoms with van der Waals surface area (Å²) in [5, 5.41) is 0. The lowest BCUT2D eigenvalue weighted by Gasteiger charge is -2.34. The molecule has 6 nitrogen and oxygen atoms in total. The number of nitrogens with zero attached hydrogens (tertiary/aromatic N) is 4. The van der Waals surface area contributed by atoms with Gasteiger partial charge in [0.25, 0.3) is 0 Å². The summed E-state index contributed by atoms with van der Waals surface area (Å²) in [4.78, 5) is 14.3. The molecule has 1 fully saturated rings. The van der Waals surface area contributed by atoms with Gasteiger partial charge in [-0.3, -0.25) is 4.99 Å². The second kappa shape index (κ2) is 7.82. The van der Waals surface area contributed by atoms with Gasteiger partial charge in [-0.25, -0.2) is 14.4 Å². The molecule has 1 unspecified atom stereocenters. The van der Waals surface area contributed by atoms with Crippen molar-refractivity contribution >= 4 is 11.5 Å². The molecule has 0 radical (unpaired) electrons. The summed E-state index contributed by atoms with van der Waals surface area (Å²) >= 11 is 0. The summed E-state index contributed by atoms with van der Waals surface area (Å²) in [6.07, 6.45) is -5.22. The number of hydrogen-bond donors (Lipinski definition) is 0. The maximum atomic E-state index is 14.3. The summed E-state index contributed by atoms with van der Waals surface area (Å²) < 4.78 is 63.7. The van der Waals surface area contributed by atoms with Crippen LogP contribution in [-0.4, -0.2) is 53.8 Å². The number of hydrogen-bond acceptors (Lipinski definition) is 6. The molecule has 0 saturated carbocycles. The van der Waals surface area contributed by atoms with Gasteiger partial charge in [0.05, 0.1) is 37.2 Å². The molecule has 0 bridgehead atoms. The molecule has 1 aromatic carbocycles. The van der Waals surface area contributed by atoms with Crippen LogP contribution in [0.2, 0.25) is 0 Å². The highest BCUT2D eigenvalue weighted by Gasteiger charge is 2.43. The molecule has 3 heterocycles. The molecule has 2 aliphatic rings. The molecule has 1 atom stereocenters. The number of alkyl halides is 3. The van der Waals surface area contributed by atoms with Crippen LogP contribution in [0.15, 0.2) is 29.5 Å². The number of morpholine rings is 1. The van der Waals surface area contributed by atoms with Gasteiger partial charge in [0.2, 0.25) is 0 Å². The predicted octanol–water partition coefficient (Wildman–Crippen LogP) is 3.52. The zero-order valence-corrected chi connectivity index (χ0v) is 16.4. The van der Waals surface area contributed by atoms with Crippen LogP contribution in [0.5, 0.6) is 5.75 Å². The molecule has 2 aliphatic heterocycles. The zero-order valence-electron chi connectivity index (χ0n) is 16.4. The molecular weight excluding hydrogens is 404 g/mol. The van der Waals surface area contributed by atoms with Gasteiger partial charge >= 0.3 is 6.18 Å². The minimum absolute atomic E-state index is 0.0531. The highest BCUT2D eigenvalue weighted by Crippen LogP contribution is 2.31. The van der Waals surface area contributed by atoms with E-state index < -0.39 is 18.1 Å². The third-order valence-electron chi connectivity index (χ3n) is 4.83. The van der Waals surface area contributed by atoms with Gasteiger partial charge in [-0.1, -0.05) is 0 Å². The van der Waals surface area contributed by atoms with Crippen LogP contribution in [0.1, 0.15) is 30.7 Å². The molecule has 0 amide bonds. The van der Waals surface area contributed by atoms with Gasteiger partial charge in [0.15, 0.2) is 17.7 Å². The first-order valence-electron chi connectivity index (χ1n) is 9.52. The van der Waals surface area contributed by atoms with E-state index in [0.29, 0.717) is 28.4 Å². The fourth-order valence-corrected chi connectivity index (χ4v) is 3.46. The molecule has 0 aliphatic carbocycles. The van der Waals surface area contributed by atoms with Crippen molar-refractivity contribution in [1.29, 1.82) is 0 Å². The normalized spacial score (nSPS) is 19.1. The van der Waals surface area contributed by atoms with Crippen LogP contribution in [0.25, 0.3) is 0 Å². The van der Waals surface area contributed by atoms with Gasteiger partial charge in [0.1, 0.15) is 12.1 Å². The van der Waals surface area contributed by atoms with Crippen LogP contribution in [0, 0.1) is 5.82 Å². The van der Waals surface area contributed by atoms with E-state index in [-0.39, 0.29) is 38.1 Å². The highest BCUT2D eigenvalue weighted by atomic mass is 19.4. The van der Waals surface area contributed by atoms with Crippen molar-refractivity contribution in [2.45, 2.75) is 38.8 Å². The van der Waals surface area contributed by atoms with Crippen LogP contribution in [0.4, 0.5) is 23.4 Å². The molecule has 0 N–H and O–H groups in total. The molecule has 10 heteroatoms. The Hall–Kier alpha value is -2.75. The Labute approximate surface area is 170 Å². The minimum Gasteiger partial charge on any atom is -0.488 e. The summed E-state index contributed by atoms with van der Waals surface area (Å²) in [6.45, 7) is 3.77. The van der Waals surface area contributed by atoms with Crippen molar-refractivity contribution in [3.63, 3.8) is 0 Å². The summed E-state index contributed by atoms with van der Waals surface area (Å²) in [6, 6.07) is 4.58. The van der Waals surface area contributed by atoms with Gasteiger partial charge in [-0.15, -0.1) is 0 Å². The SMILES string of the molecule is CC(C)Oc1cc2c(cc1F)CN=C2c1cc(N2CCOC(C(F)(F)F)C2)ncn1. The van der Waals surface area contributed by atoms with E-state index in [9.17, 15) is 17.6 Å². The predicted molar refractivity (Wildman–Crippen MR) is 102 cm³/mol. The Kier molecular flexibility index (Phi) is 5.35. The van der Waals surface area contributed by atoms with E-state index in [0.717, 1.165) is 0 Å². The minimum atomic E-state index is -4.44. The van der Waals surface area contributed by atoms with Gasteiger partial charge in [0, 0.05) is 18.2 Å². The van der Waals surface area contributed by atoms with Gasteiger partial charge < -0.3 is 14.4 Å². The molecule has 160 valence electrons. The summed E-state index contributed by atoms with van der Waals surface area (Å²) in [7, 11) is 0. The van der Waals surface area contributed by atoms with Crippen LogP contribution < -0.4 is 9.64 Å². The Morgan fingerprint density at radius 2 is 2.00 bits per heavy atom. The highest BCUT2D eigenvalue weighted by molar-refractivity contribution is 6.14. The number of aromatic nitrogens is 2. The Morgan fingerprint density at radius 1 is 1.20 bits per heavy atom. The molecule has 4 rings (SSSR count). The quantitative estimate of drug-likeness (QED) is 0.703. The Bertz CT molecular complexity index is 978. The second-order valence-corrected chi connectivity index (χ2v) is 7.38. The molecule has 1 aromatic heterocycles. The van der Waals surface area contributed by atoms with Crippen molar-refractivity contribution in [2.75, 3.05) is 24.6 Å². The average molecular weight is 424 g/mol. The van der Waals surface area contributed by atoms with Crippen molar-refractivity contribution in [3.8, 4) is 5.75 Å². The smallest absolute Gasteiger partial charge is 0.416 e. The fourth-order valence-electron chi connectivity index (χ4n) is 3.46. The number of benzene rings is 1. The fraction of sp³-hybridized carbons (Fsp3) is 0.450. The summed E-state index contributed by atoms with van der Waals surface area (Å²) in [5.41, 5.74) is 2.37. The van der Waals surface area contributed by atoms with E-state index in [1.165, 1.54) is 17.3 Å². The maximum absolute atomic E-state index is 14.3. The molecule has 1 saturated heterocycles. The first-order valence-corrected chi connectivity index (χ1v) is 9.52. The number of rotatable bonds is 4. The van der Waals surface area contributed by atoms with Crippen molar-refractivity contribution in [1.82, 2.24) is 9.97 Å². The average Bonchev–Trinajstić information content (AvgIpc) is 3.10. The third-order valence-corrected chi connectivity index (χ3v) is 4.83. The maximum Gasteiger partial charge on any atom is 0.416 e. The van der Waals surface area contributed by atoms with E-state index in [1.54, 1.807) is 26.0 Å². The Balaban J connectivity index is 1.62. The number of fused-ring (bicyclic) bond motifs is 1. The Morgan fingerprint density at radius 3 is 2.73 bits per heavy atom. The molecule has 2 aromatic rings. The molecular formula is C20H20F4N4O2. The van der Waals surface area contributed by atoms with Crippen LogP contribution in [-0.2, 0) is 11.3 Å². The number of anilines is 1. The van der Waals surface area contributed by atoms with E-state index in [2.05, 4.69) is 15.0 Å². The monoisotopic (exact) mass is 424 g/mol.